The Kier molecular flexibility index (Phi) is 5.33. The molecule has 5 heteroatoms. The maximum Gasteiger partial charge on any atom is 0.133 e. The molecule has 8 atom stereocenters. The Morgan fingerprint density at radius 1 is 1.35 bits per heavy atom. The predicted octanol–water partition coefficient (Wildman–Crippen LogP) is 5.51. The predicted molar refractivity (Wildman–Crippen MR) is 114 cm³/mol. The second-order valence-corrected chi connectivity index (χ2v) is 11.1. The first kappa shape index (κ1) is 19.7. The Labute approximate surface area is 173 Å². The number of carbonyl (C=O) groups excluding carboxylic acids is 1. The van der Waals surface area contributed by atoms with Crippen molar-refractivity contribution < 1.29 is 14.1 Å². The van der Waals surface area contributed by atoms with E-state index < -0.39 is 0 Å². The first-order valence-electron chi connectivity index (χ1n) is 10.1. The van der Waals surface area contributed by atoms with Crippen LogP contribution in [0.3, 0.4) is 0 Å². The smallest absolute Gasteiger partial charge is 0.133 e. The van der Waals surface area contributed by atoms with Crippen LogP contribution in [0.25, 0.3) is 0 Å². The number of aliphatic hydroxyl groups excluding tert-OH is 1. The van der Waals surface area contributed by atoms with E-state index in [0.717, 1.165) is 44.9 Å². The summed E-state index contributed by atoms with van der Waals surface area (Å²) in [6, 6.07) is 0. The molecule has 0 amide bonds. The van der Waals surface area contributed by atoms with E-state index in [4.69, 9.17) is 4.18 Å². The van der Waals surface area contributed by atoms with Crippen LogP contribution in [0.2, 0.25) is 0 Å². The van der Waals surface area contributed by atoms with Gasteiger partial charge in [0, 0.05) is 27.1 Å². The fourth-order valence-electron chi connectivity index (χ4n) is 7.56. The number of fused-ring (bicyclic) bond motifs is 5. The van der Waals surface area contributed by atoms with Gasteiger partial charge in [0.05, 0.1) is 21.4 Å². The molecule has 0 aliphatic heterocycles. The number of Topliss-reactive ketones (excluding diaryl/α,β-unsaturated/α-hetero) is 1. The van der Waals surface area contributed by atoms with Gasteiger partial charge in [0.15, 0.2) is 0 Å². The highest BCUT2D eigenvalue weighted by Crippen LogP contribution is 2.66. The van der Waals surface area contributed by atoms with Crippen LogP contribution < -0.4 is 0 Å². The van der Waals surface area contributed by atoms with Crippen LogP contribution in [-0.4, -0.2) is 23.1 Å². The van der Waals surface area contributed by atoms with Gasteiger partial charge in [-0.05, 0) is 80.5 Å². The van der Waals surface area contributed by atoms with Crippen LogP contribution in [0.15, 0.2) is 11.6 Å². The molecule has 0 bridgehead atoms. The monoisotopic (exact) mass is 490 g/mol. The molecular formula is C21H31IO3S. The maximum atomic E-state index is 12.3. The molecular weight excluding hydrogens is 459 g/mol. The van der Waals surface area contributed by atoms with Crippen molar-refractivity contribution in [3.8, 4) is 0 Å². The lowest BCUT2D eigenvalue weighted by molar-refractivity contribution is -0.140. The van der Waals surface area contributed by atoms with Crippen LogP contribution >= 0.6 is 30.4 Å². The molecule has 0 saturated heterocycles. The Balaban J connectivity index is 1.65. The number of hydrogen-bond donors (Lipinski definition) is 1. The Bertz CT molecular complexity index is 622. The molecule has 0 aromatic carbocycles. The second kappa shape index (κ2) is 7.03. The molecule has 1 N–H and O–H groups in total. The Hall–Kier alpha value is 0.410. The van der Waals surface area contributed by atoms with Gasteiger partial charge in [-0.2, -0.15) is 0 Å². The summed E-state index contributed by atoms with van der Waals surface area (Å²) in [5.41, 5.74) is 1.62. The number of halogens is 1. The van der Waals surface area contributed by atoms with E-state index in [0.29, 0.717) is 29.6 Å². The van der Waals surface area contributed by atoms with Crippen LogP contribution in [0.4, 0.5) is 0 Å². The summed E-state index contributed by atoms with van der Waals surface area (Å²) < 4.78 is 5.83. The fraction of sp³-hybridized carbons (Fsp3) is 0.857. The maximum absolute atomic E-state index is 12.3. The largest absolute Gasteiger partial charge is 0.393 e. The number of hydrogen-bond acceptors (Lipinski definition) is 4. The third kappa shape index (κ3) is 2.86. The highest BCUT2D eigenvalue weighted by Gasteiger charge is 2.62. The zero-order valence-corrected chi connectivity index (χ0v) is 19.0. The zero-order valence-electron chi connectivity index (χ0n) is 16.0. The number of ketones is 1. The summed E-state index contributed by atoms with van der Waals surface area (Å²) in [6.07, 6.45) is 9.76. The van der Waals surface area contributed by atoms with E-state index in [1.165, 1.54) is 14.8 Å². The molecule has 0 spiro atoms. The van der Waals surface area contributed by atoms with Gasteiger partial charge in [0.1, 0.15) is 5.78 Å². The van der Waals surface area contributed by atoms with E-state index >= 15 is 0 Å². The van der Waals surface area contributed by atoms with Crippen LogP contribution in [0, 0.1) is 34.5 Å². The highest BCUT2D eigenvalue weighted by atomic mass is 127. The minimum atomic E-state index is -0.286. The number of rotatable bonds is 3. The quantitative estimate of drug-likeness (QED) is 0.322. The average molecular weight is 490 g/mol. The second-order valence-electron chi connectivity index (χ2n) is 9.72. The molecule has 0 aromatic rings. The molecule has 146 valence electrons. The fourth-order valence-corrected chi connectivity index (χ4v) is 8.71. The lowest BCUT2D eigenvalue weighted by Gasteiger charge is -2.59. The molecule has 4 aliphatic rings. The summed E-state index contributed by atoms with van der Waals surface area (Å²) >= 11 is 2.21. The minimum absolute atomic E-state index is 0.00765. The first-order valence-corrected chi connectivity index (χ1v) is 13.4. The summed E-state index contributed by atoms with van der Waals surface area (Å²) in [7, 11) is 1.45. The van der Waals surface area contributed by atoms with Gasteiger partial charge < -0.3 is 9.29 Å². The van der Waals surface area contributed by atoms with Gasteiger partial charge in [-0.1, -0.05) is 25.5 Å². The van der Waals surface area contributed by atoms with Crippen molar-refractivity contribution in [2.75, 3.05) is 0 Å². The molecule has 4 rings (SSSR count). The Morgan fingerprint density at radius 3 is 2.81 bits per heavy atom. The van der Waals surface area contributed by atoms with Crippen LogP contribution in [0.5, 0.6) is 0 Å². The highest BCUT2D eigenvalue weighted by molar-refractivity contribution is 14.2. The molecule has 3 saturated carbocycles. The van der Waals surface area contributed by atoms with Crippen molar-refractivity contribution in [3.63, 3.8) is 0 Å². The number of allylic oxidation sites excluding steroid dienone is 1. The molecule has 0 heterocycles. The zero-order chi connectivity index (χ0) is 18.7. The number of aliphatic hydroxyl groups is 1. The van der Waals surface area contributed by atoms with E-state index in [1.807, 2.05) is 0 Å². The molecule has 4 aliphatic carbocycles. The van der Waals surface area contributed by atoms with Gasteiger partial charge in [-0.25, -0.2) is 0 Å². The summed E-state index contributed by atoms with van der Waals surface area (Å²) in [5, 5.41) is 11.3. The molecule has 0 aromatic heterocycles. The topological polar surface area (TPSA) is 46.5 Å². The SMILES string of the molecule is CC(=O)C1CCC2C3CC=C4C[C@@H](OSI)CCC4(C)C3[C@@H](O)CC12C. The lowest BCUT2D eigenvalue weighted by Crippen LogP contribution is -2.56. The summed E-state index contributed by atoms with van der Waals surface area (Å²) in [6.45, 7) is 6.44. The van der Waals surface area contributed by atoms with Crippen molar-refractivity contribution in [2.24, 2.45) is 34.5 Å². The normalized spacial score (nSPS) is 50.4. The van der Waals surface area contributed by atoms with Gasteiger partial charge >= 0.3 is 0 Å². The summed E-state index contributed by atoms with van der Waals surface area (Å²) in [5.74, 6) is 1.93. The number of carbonyl (C=O) groups is 1. The molecule has 3 nitrogen and oxygen atoms in total. The lowest BCUT2D eigenvalue weighted by atomic mass is 9.46. The molecule has 0 radical (unpaired) electrons. The van der Waals surface area contributed by atoms with Crippen molar-refractivity contribution in [2.45, 2.75) is 77.9 Å². The molecule has 3 fully saturated rings. The Morgan fingerprint density at radius 2 is 2.12 bits per heavy atom. The molecule has 6 unspecified atom stereocenters. The summed E-state index contributed by atoms with van der Waals surface area (Å²) in [4.78, 5) is 12.3. The third-order valence-corrected chi connectivity index (χ3v) is 9.62. The van der Waals surface area contributed by atoms with Gasteiger partial charge in [0.25, 0.3) is 0 Å². The standard InChI is InChI=1S/C21H31IO3S/c1-12(23)16-6-7-17-15-5-4-13-10-14(25-26-22)8-9-20(13,2)19(15)18(24)11-21(16,17)3/h4,14-19,24H,5-11H2,1-3H3/t14-,15?,16?,17?,18-,19?,20?,21?/m0/s1. The van der Waals surface area contributed by atoms with Gasteiger partial charge in [0.2, 0.25) is 0 Å². The van der Waals surface area contributed by atoms with E-state index in [-0.39, 0.29) is 22.9 Å². The van der Waals surface area contributed by atoms with Crippen molar-refractivity contribution in [1.82, 2.24) is 0 Å². The minimum Gasteiger partial charge on any atom is -0.393 e. The van der Waals surface area contributed by atoms with E-state index in [1.54, 1.807) is 6.92 Å². The average Bonchev–Trinajstić information content (AvgIpc) is 2.91. The van der Waals surface area contributed by atoms with Crippen LogP contribution in [0.1, 0.15) is 65.7 Å². The van der Waals surface area contributed by atoms with Crippen molar-refractivity contribution in [1.29, 1.82) is 0 Å². The first-order chi connectivity index (χ1) is 12.3. The molecule has 26 heavy (non-hydrogen) atoms. The van der Waals surface area contributed by atoms with E-state index in [2.05, 4.69) is 41.1 Å². The van der Waals surface area contributed by atoms with Gasteiger partial charge in [-0.3, -0.25) is 4.79 Å². The third-order valence-electron chi connectivity index (χ3n) is 8.65. The van der Waals surface area contributed by atoms with Crippen LogP contribution in [-0.2, 0) is 8.98 Å². The van der Waals surface area contributed by atoms with Crippen molar-refractivity contribution >= 4 is 36.2 Å². The van der Waals surface area contributed by atoms with Crippen molar-refractivity contribution in [3.05, 3.63) is 11.6 Å². The van der Waals surface area contributed by atoms with Gasteiger partial charge in [-0.15, -0.1) is 0 Å². The van der Waals surface area contributed by atoms with E-state index in [9.17, 15) is 9.90 Å².